The number of benzene rings is 1. The predicted molar refractivity (Wildman–Crippen MR) is 75.8 cm³/mol. The Morgan fingerprint density at radius 2 is 2.11 bits per heavy atom. The van der Waals surface area contributed by atoms with E-state index in [1.807, 2.05) is 0 Å². The molecule has 0 spiro atoms. The van der Waals surface area contributed by atoms with Gasteiger partial charge in [0.15, 0.2) is 0 Å². The molecular weight excluding hydrogens is 222 g/mol. The number of rotatable bonds is 2. The van der Waals surface area contributed by atoms with E-state index in [2.05, 4.69) is 34.1 Å². The number of hydrogen-bond donors (Lipinski definition) is 1. The Labute approximate surface area is 110 Å². The van der Waals surface area contributed by atoms with Gasteiger partial charge in [0.25, 0.3) is 0 Å². The SMILES string of the molecule is NCc1cccc(N2CCN3CCCCC3C2)c1. The largest absolute Gasteiger partial charge is 0.369 e. The number of piperidine rings is 1. The zero-order valence-electron chi connectivity index (χ0n) is 11.0. The fraction of sp³-hybridized carbons (Fsp3) is 0.600. The molecule has 2 aliphatic rings. The lowest BCUT2D eigenvalue weighted by Crippen LogP contribution is -2.54. The van der Waals surface area contributed by atoms with Gasteiger partial charge in [-0.3, -0.25) is 4.90 Å². The first-order valence-corrected chi connectivity index (χ1v) is 7.15. The van der Waals surface area contributed by atoms with Crippen LogP contribution in [0, 0.1) is 0 Å². The van der Waals surface area contributed by atoms with E-state index >= 15 is 0 Å². The molecule has 0 amide bonds. The molecule has 0 radical (unpaired) electrons. The third-order valence-electron chi connectivity index (χ3n) is 4.35. The summed E-state index contributed by atoms with van der Waals surface area (Å²) in [6.07, 6.45) is 4.16. The minimum Gasteiger partial charge on any atom is -0.369 e. The second-order valence-electron chi connectivity index (χ2n) is 5.51. The van der Waals surface area contributed by atoms with Crippen LogP contribution in [0.15, 0.2) is 24.3 Å². The summed E-state index contributed by atoms with van der Waals surface area (Å²) in [5, 5.41) is 0. The van der Waals surface area contributed by atoms with E-state index in [0.717, 1.165) is 12.6 Å². The molecule has 0 aliphatic carbocycles. The highest BCUT2D eigenvalue weighted by atomic mass is 15.3. The zero-order valence-corrected chi connectivity index (χ0v) is 11.0. The van der Waals surface area contributed by atoms with E-state index in [1.165, 1.54) is 50.1 Å². The zero-order chi connectivity index (χ0) is 12.4. The lowest BCUT2D eigenvalue weighted by Gasteiger charge is -2.45. The van der Waals surface area contributed by atoms with Gasteiger partial charge in [-0.2, -0.15) is 0 Å². The number of hydrogen-bond acceptors (Lipinski definition) is 3. The molecule has 1 atom stereocenters. The maximum absolute atomic E-state index is 5.73. The van der Waals surface area contributed by atoms with Gasteiger partial charge in [0.2, 0.25) is 0 Å². The molecule has 2 heterocycles. The monoisotopic (exact) mass is 245 g/mol. The first kappa shape index (κ1) is 12.0. The minimum atomic E-state index is 0.636. The fourth-order valence-corrected chi connectivity index (χ4v) is 3.27. The first-order valence-electron chi connectivity index (χ1n) is 7.15. The average molecular weight is 245 g/mol. The molecule has 3 rings (SSSR count). The highest BCUT2D eigenvalue weighted by molar-refractivity contribution is 5.49. The van der Waals surface area contributed by atoms with Crippen molar-refractivity contribution >= 4 is 5.69 Å². The lowest BCUT2D eigenvalue weighted by molar-refractivity contribution is 0.133. The van der Waals surface area contributed by atoms with Crippen molar-refractivity contribution in [2.75, 3.05) is 31.1 Å². The second-order valence-corrected chi connectivity index (χ2v) is 5.51. The van der Waals surface area contributed by atoms with Gasteiger partial charge in [0, 0.05) is 37.9 Å². The van der Waals surface area contributed by atoms with E-state index in [0.29, 0.717) is 6.54 Å². The summed E-state index contributed by atoms with van der Waals surface area (Å²) in [5.74, 6) is 0. The molecule has 3 heteroatoms. The third kappa shape index (κ3) is 2.38. The predicted octanol–water partition coefficient (Wildman–Crippen LogP) is 1.82. The van der Waals surface area contributed by atoms with Crippen LogP contribution in [0.1, 0.15) is 24.8 Å². The molecule has 0 bridgehead atoms. The maximum atomic E-state index is 5.73. The third-order valence-corrected chi connectivity index (χ3v) is 4.35. The summed E-state index contributed by atoms with van der Waals surface area (Å²) < 4.78 is 0. The van der Waals surface area contributed by atoms with Crippen molar-refractivity contribution in [1.29, 1.82) is 0 Å². The van der Waals surface area contributed by atoms with Gasteiger partial charge >= 0.3 is 0 Å². The molecule has 0 aromatic heterocycles. The Balaban J connectivity index is 1.72. The van der Waals surface area contributed by atoms with Crippen LogP contribution in [-0.2, 0) is 6.54 Å². The van der Waals surface area contributed by atoms with Crippen LogP contribution in [0.2, 0.25) is 0 Å². The van der Waals surface area contributed by atoms with Gasteiger partial charge in [0.05, 0.1) is 0 Å². The number of piperazine rings is 1. The van der Waals surface area contributed by atoms with E-state index in [-0.39, 0.29) is 0 Å². The van der Waals surface area contributed by atoms with Crippen LogP contribution >= 0.6 is 0 Å². The van der Waals surface area contributed by atoms with Gasteiger partial charge in [-0.05, 0) is 37.1 Å². The van der Waals surface area contributed by atoms with Crippen LogP contribution in [0.4, 0.5) is 5.69 Å². The molecule has 1 aromatic rings. The standard InChI is InChI=1S/C15H23N3/c16-11-13-4-3-6-14(10-13)18-9-8-17-7-2-1-5-15(17)12-18/h3-4,6,10,15H,1-2,5,7-9,11-12,16H2. The Bertz CT molecular complexity index is 404. The van der Waals surface area contributed by atoms with Gasteiger partial charge in [-0.1, -0.05) is 18.6 Å². The van der Waals surface area contributed by atoms with E-state index in [1.54, 1.807) is 0 Å². The molecule has 0 saturated carbocycles. The average Bonchev–Trinajstić information content (AvgIpc) is 2.47. The molecule has 1 aromatic carbocycles. The molecule has 98 valence electrons. The van der Waals surface area contributed by atoms with Crippen LogP contribution in [-0.4, -0.2) is 37.1 Å². The highest BCUT2D eigenvalue weighted by Gasteiger charge is 2.28. The summed E-state index contributed by atoms with van der Waals surface area (Å²) >= 11 is 0. The smallest absolute Gasteiger partial charge is 0.0370 e. The van der Waals surface area contributed by atoms with Crippen molar-refractivity contribution in [3.05, 3.63) is 29.8 Å². The molecule has 3 nitrogen and oxygen atoms in total. The summed E-state index contributed by atoms with van der Waals surface area (Å²) in [4.78, 5) is 5.21. The summed E-state index contributed by atoms with van der Waals surface area (Å²) in [7, 11) is 0. The molecule has 2 N–H and O–H groups in total. The first-order chi connectivity index (χ1) is 8.86. The number of nitrogens with zero attached hydrogens (tertiary/aromatic N) is 2. The maximum Gasteiger partial charge on any atom is 0.0370 e. The van der Waals surface area contributed by atoms with Gasteiger partial charge in [0.1, 0.15) is 0 Å². The highest BCUT2D eigenvalue weighted by Crippen LogP contribution is 2.25. The molecule has 2 aliphatic heterocycles. The van der Waals surface area contributed by atoms with Crippen LogP contribution in [0.3, 0.4) is 0 Å². The summed E-state index contributed by atoms with van der Waals surface area (Å²) in [6.45, 7) is 5.51. The lowest BCUT2D eigenvalue weighted by atomic mass is 9.99. The van der Waals surface area contributed by atoms with Gasteiger partial charge in [-0.15, -0.1) is 0 Å². The molecule has 2 fully saturated rings. The van der Waals surface area contributed by atoms with Gasteiger partial charge in [-0.25, -0.2) is 0 Å². The number of anilines is 1. The van der Waals surface area contributed by atoms with Crippen molar-refractivity contribution in [2.24, 2.45) is 5.73 Å². The Morgan fingerprint density at radius 3 is 3.00 bits per heavy atom. The van der Waals surface area contributed by atoms with Crippen molar-refractivity contribution in [3.63, 3.8) is 0 Å². The number of fused-ring (bicyclic) bond motifs is 1. The van der Waals surface area contributed by atoms with Crippen LogP contribution in [0.25, 0.3) is 0 Å². The van der Waals surface area contributed by atoms with E-state index in [4.69, 9.17) is 5.73 Å². The van der Waals surface area contributed by atoms with Crippen molar-refractivity contribution in [2.45, 2.75) is 31.8 Å². The summed E-state index contributed by atoms with van der Waals surface area (Å²) in [5.41, 5.74) is 8.31. The summed E-state index contributed by atoms with van der Waals surface area (Å²) in [6, 6.07) is 9.48. The van der Waals surface area contributed by atoms with Crippen LogP contribution < -0.4 is 10.6 Å². The fourth-order valence-electron chi connectivity index (χ4n) is 3.27. The second kappa shape index (κ2) is 5.29. The molecular formula is C15H23N3. The molecule has 1 unspecified atom stereocenters. The molecule has 18 heavy (non-hydrogen) atoms. The quantitative estimate of drug-likeness (QED) is 0.862. The molecule has 2 saturated heterocycles. The minimum absolute atomic E-state index is 0.636. The van der Waals surface area contributed by atoms with E-state index < -0.39 is 0 Å². The van der Waals surface area contributed by atoms with Crippen molar-refractivity contribution in [1.82, 2.24) is 4.90 Å². The van der Waals surface area contributed by atoms with E-state index in [9.17, 15) is 0 Å². The Kier molecular flexibility index (Phi) is 3.52. The van der Waals surface area contributed by atoms with Gasteiger partial charge < -0.3 is 10.6 Å². The van der Waals surface area contributed by atoms with Crippen molar-refractivity contribution in [3.8, 4) is 0 Å². The van der Waals surface area contributed by atoms with Crippen molar-refractivity contribution < 1.29 is 0 Å². The normalized spacial score (nSPS) is 24.9. The topological polar surface area (TPSA) is 32.5 Å². The number of nitrogens with two attached hydrogens (primary N) is 1. The Morgan fingerprint density at radius 1 is 1.17 bits per heavy atom. The Hall–Kier alpha value is -1.06. The van der Waals surface area contributed by atoms with Crippen LogP contribution in [0.5, 0.6) is 0 Å².